The van der Waals surface area contributed by atoms with Crippen LogP contribution in [0.4, 0.5) is 4.79 Å². The quantitative estimate of drug-likeness (QED) is 0.0518. The average Bonchev–Trinajstić information content (AvgIpc) is 3.63. The van der Waals surface area contributed by atoms with Crippen LogP contribution in [0.3, 0.4) is 0 Å². The number of thioether (sulfide) groups is 1. The first-order chi connectivity index (χ1) is 23.5. The normalized spacial score (nSPS) is 18.5. The Morgan fingerprint density at radius 1 is 0.688 bits per heavy atom. The summed E-state index contributed by atoms with van der Waals surface area (Å²) < 4.78 is 43.7. The van der Waals surface area contributed by atoms with Gasteiger partial charge in [0.15, 0.2) is 0 Å². The fraction of sp³-hybridized carbons (Fsp3) is 0.903. The maximum Gasteiger partial charge on any atom is 0.315 e. The van der Waals surface area contributed by atoms with Gasteiger partial charge in [-0.2, -0.15) is 11.8 Å². The van der Waals surface area contributed by atoms with Gasteiger partial charge in [0.05, 0.1) is 124 Å². The Balaban J connectivity index is 1.55. The molecule has 0 spiro atoms. The smallest absolute Gasteiger partial charge is 0.315 e. The van der Waals surface area contributed by atoms with Crippen LogP contribution in [0.15, 0.2) is 0 Å². The molecule has 0 saturated carbocycles. The third kappa shape index (κ3) is 21.3. The number of hydrogen-bond donors (Lipinski definition) is 4. The molecule has 0 radical (unpaired) electrons. The Morgan fingerprint density at radius 2 is 1.17 bits per heavy atom. The molecule has 3 atom stereocenters. The minimum absolute atomic E-state index is 0.0231. The highest BCUT2D eigenvalue weighted by Gasteiger charge is 2.42. The van der Waals surface area contributed by atoms with Crippen molar-refractivity contribution in [1.29, 1.82) is 0 Å². The van der Waals surface area contributed by atoms with Gasteiger partial charge < -0.3 is 64.3 Å². The molecule has 2 aliphatic heterocycles. The lowest BCUT2D eigenvalue weighted by molar-refractivity contribution is -0.138. The molecular formula is C31H58N4O12S. The number of carbonyl (C=O) groups is 3. The van der Waals surface area contributed by atoms with Gasteiger partial charge >= 0.3 is 12.0 Å². The van der Waals surface area contributed by atoms with E-state index in [9.17, 15) is 14.4 Å². The van der Waals surface area contributed by atoms with Gasteiger partial charge in [-0.25, -0.2) is 4.79 Å². The number of nitrogens with one attached hydrogen (secondary N) is 2. The summed E-state index contributed by atoms with van der Waals surface area (Å²) >= 11 is 1.88. The van der Waals surface area contributed by atoms with Crippen molar-refractivity contribution in [3.63, 3.8) is 0 Å². The SMILES string of the molecule is NCCOCCOCCOCCOCCN(CCOCCOCCOCCOCCC(=O)O)C(=O)CCCC[C@@H]1SC[C@@H]2NC(=O)N[C@@H]21. The van der Waals surface area contributed by atoms with Crippen LogP contribution in [0.2, 0.25) is 0 Å². The third-order valence-corrected chi connectivity index (χ3v) is 8.89. The molecule has 48 heavy (non-hydrogen) atoms. The zero-order chi connectivity index (χ0) is 34.5. The van der Waals surface area contributed by atoms with Crippen LogP contribution in [0.25, 0.3) is 0 Å². The zero-order valence-electron chi connectivity index (χ0n) is 28.3. The summed E-state index contributed by atoms with van der Waals surface area (Å²) in [7, 11) is 0. The van der Waals surface area contributed by atoms with E-state index < -0.39 is 5.97 Å². The number of rotatable bonds is 34. The van der Waals surface area contributed by atoms with Crippen LogP contribution in [-0.4, -0.2) is 176 Å². The second-order valence-electron chi connectivity index (χ2n) is 11.1. The molecule has 5 N–H and O–H groups in total. The number of ether oxygens (including phenoxy) is 8. The number of carboxylic acid groups (broad SMARTS) is 1. The maximum atomic E-state index is 13.1. The number of aliphatic carboxylic acids is 1. The van der Waals surface area contributed by atoms with Crippen LogP contribution in [-0.2, 0) is 47.5 Å². The first kappa shape index (κ1) is 42.4. The summed E-state index contributed by atoms with van der Waals surface area (Å²) in [5, 5.41) is 14.9. The van der Waals surface area contributed by atoms with Crippen molar-refractivity contribution in [2.75, 3.05) is 131 Å². The first-order valence-corrected chi connectivity index (χ1v) is 18.1. The number of nitrogens with two attached hydrogens (primary N) is 1. The zero-order valence-corrected chi connectivity index (χ0v) is 29.1. The van der Waals surface area contributed by atoms with Crippen molar-refractivity contribution >= 4 is 29.7 Å². The van der Waals surface area contributed by atoms with Crippen molar-refractivity contribution in [3.05, 3.63) is 0 Å². The van der Waals surface area contributed by atoms with Crippen molar-refractivity contribution in [3.8, 4) is 0 Å². The van der Waals surface area contributed by atoms with Crippen molar-refractivity contribution < 1.29 is 57.4 Å². The maximum absolute atomic E-state index is 13.1. The average molecular weight is 711 g/mol. The Labute approximate surface area is 288 Å². The lowest BCUT2D eigenvalue weighted by Gasteiger charge is -2.23. The summed E-state index contributed by atoms with van der Waals surface area (Å²) in [4.78, 5) is 37.0. The number of hydrogen-bond acceptors (Lipinski definition) is 13. The molecule has 2 heterocycles. The third-order valence-electron chi connectivity index (χ3n) is 7.39. The van der Waals surface area contributed by atoms with E-state index in [2.05, 4.69) is 10.6 Å². The highest BCUT2D eigenvalue weighted by Crippen LogP contribution is 2.33. The standard InChI is InChI=1S/C31H58N4O12S/c32-6-10-41-14-18-45-22-24-47-20-16-43-12-8-35(7-11-42-15-19-46-23-21-44-17-13-40-9-5-29(37)38)28(36)4-2-1-3-27-30-26(25-48-27)33-31(39)34-30/h26-27,30H,1-25,32H2,(H,37,38)(H2,33,34,39)/t26-,27-,30-/m0/s1. The summed E-state index contributed by atoms with van der Waals surface area (Å²) in [6.45, 7) is 8.02. The molecule has 2 fully saturated rings. The minimum Gasteiger partial charge on any atom is -0.481 e. The van der Waals surface area contributed by atoms with Gasteiger partial charge in [-0.05, 0) is 12.8 Å². The molecule has 16 nitrogen and oxygen atoms in total. The largest absolute Gasteiger partial charge is 0.481 e. The first-order valence-electron chi connectivity index (χ1n) is 17.0. The van der Waals surface area contributed by atoms with E-state index in [1.165, 1.54) is 0 Å². The molecular weight excluding hydrogens is 652 g/mol. The number of fused-ring (bicyclic) bond motifs is 1. The molecule has 2 saturated heterocycles. The monoisotopic (exact) mass is 710 g/mol. The van der Waals surface area contributed by atoms with Crippen LogP contribution in [0, 0.1) is 0 Å². The summed E-state index contributed by atoms with van der Waals surface area (Å²) in [6.07, 6.45) is 3.09. The summed E-state index contributed by atoms with van der Waals surface area (Å²) in [6, 6.07) is 0.298. The Bertz CT molecular complexity index is 849. The lowest BCUT2D eigenvalue weighted by atomic mass is 10.0. The number of urea groups is 1. The molecule has 2 aliphatic rings. The Hall–Kier alpha value is -1.80. The molecule has 0 unspecified atom stereocenters. The van der Waals surface area contributed by atoms with Crippen LogP contribution in [0.1, 0.15) is 32.1 Å². The molecule has 280 valence electrons. The second kappa shape index (κ2) is 29.0. The number of carboxylic acids is 1. The second-order valence-corrected chi connectivity index (χ2v) is 12.4. The van der Waals surface area contributed by atoms with Crippen molar-refractivity contribution in [2.24, 2.45) is 5.73 Å². The van der Waals surface area contributed by atoms with Gasteiger partial charge in [0, 0.05) is 37.1 Å². The van der Waals surface area contributed by atoms with Crippen LogP contribution >= 0.6 is 11.8 Å². The van der Waals surface area contributed by atoms with Crippen LogP contribution in [0.5, 0.6) is 0 Å². The van der Waals surface area contributed by atoms with Gasteiger partial charge in [0.1, 0.15) is 0 Å². The van der Waals surface area contributed by atoms with E-state index in [1.54, 1.807) is 4.90 Å². The van der Waals surface area contributed by atoms with E-state index in [0.717, 1.165) is 25.0 Å². The van der Waals surface area contributed by atoms with Crippen molar-refractivity contribution in [1.82, 2.24) is 15.5 Å². The minimum atomic E-state index is -0.889. The van der Waals surface area contributed by atoms with Gasteiger partial charge in [0.25, 0.3) is 0 Å². The Kier molecular flexibility index (Phi) is 25.6. The number of unbranched alkanes of at least 4 members (excludes halogenated alkanes) is 1. The predicted octanol–water partition coefficient (Wildman–Crippen LogP) is 0.107. The Morgan fingerprint density at radius 3 is 1.67 bits per heavy atom. The van der Waals surface area contributed by atoms with Gasteiger partial charge in [-0.15, -0.1) is 0 Å². The van der Waals surface area contributed by atoms with E-state index in [1.807, 2.05) is 11.8 Å². The van der Waals surface area contributed by atoms with Gasteiger partial charge in [-0.1, -0.05) is 6.42 Å². The molecule has 0 bridgehead atoms. The molecule has 0 aromatic heterocycles. The van der Waals surface area contributed by atoms with E-state index >= 15 is 0 Å². The van der Waals surface area contributed by atoms with Gasteiger partial charge in [-0.3, -0.25) is 9.59 Å². The van der Waals surface area contributed by atoms with E-state index in [4.69, 9.17) is 48.7 Å². The summed E-state index contributed by atoms with van der Waals surface area (Å²) in [5.41, 5.74) is 5.37. The van der Waals surface area contributed by atoms with Crippen molar-refractivity contribution in [2.45, 2.75) is 49.4 Å². The van der Waals surface area contributed by atoms with Gasteiger partial charge in [0.2, 0.25) is 5.91 Å². The highest BCUT2D eigenvalue weighted by atomic mass is 32.2. The highest BCUT2D eigenvalue weighted by molar-refractivity contribution is 8.00. The fourth-order valence-electron chi connectivity index (χ4n) is 4.90. The molecule has 0 aliphatic carbocycles. The van der Waals surface area contributed by atoms with Crippen LogP contribution < -0.4 is 16.4 Å². The predicted molar refractivity (Wildman–Crippen MR) is 178 cm³/mol. The number of nitrogens with zero attached hydrogens (tertiary/aromatic N) is 1. The van der Waals surface area contributed by atoms with E-state index in [0.29, 0.717) is 130 Å². The number of carbonyl (C=O) groups excluding carboxylic acids is 2. The topological polar surface area (TPSA) is 199 Å². The summed E-state index contributed by atoms with van der Waals surface area (Å²) in [5.74, 6) is 0.107. The number of amides is 3. The lowest BCUT2D eigenvalue weighted by Crippen LogP contribution is -2.37. The molecule has 0 aromatic carbocycles. The fourth-order valence-corrected chi connectivity index (χ4v) is 6.44. The van der Waals surface area contributed by atoms with E-state index in [-0.39, 0.29) is 37.0 Å². The molecule has 0 aromatic rings. The molecule has 17 heteroatoms. The molecule has 2 rings (SSSR count). The molecule has 3 amide bonds.